The number of hydrogen-bond acceptors (Lipinski definition) is 5. The maximum absolute atomic E-state index is 11.1. The van der Waals surface area contributed by atoms with Gasteiger partial charge in [0.1, 0.15) is 5.75 Å². The molecule has 1 aromatic rings. The van der Waals surface area contributed by atoms with Crippen molar-refractivity contribution in [2.45, 2.75) is 24.7 Å². The van der Waals surface area contributed by atoms with E-state index in [1.165, 1.54) is 0 Å². The van der Waals surface area contributed by atoms with Gasteiger partial charge in [-0.2, -0.15) is 16.8 Å². The third-order valence-electron chi connectivity index (χ3n) is 2.67. The first-order valence-electron chi connectivity index (χ1n) is 6.07. The smallest absolute Gasteiger partial charge is 0.269 e. The number of hydrogen-bond donors (Lipinski definition) is 1. The SMILES string of the molecule is CS(=O)(=O)O[C@H](CCl)CCc1ccccc1CS(=O)(=O)O. The number of alkyl halides is 1. The summed E-state index contributed by atoms with van der Waals surface area (Å²) in [5, 5.41) is 0. The Morgan fingerprint density at radius 2 is 1.76 bits per heavy atom. The Kier molecular flexibility index (Phi) is 6.61. The van der Waals surface area contributed by atoms with Gasteiger partial charge in [0.2, 0.25) is 0 Å². The van der Waals surface area contributed by atoms with Crippen LogP contribution in [0.4, 0.5) is 0 Å². The maximum atomic E-state index is 11.1. The normalized spacial score (nSPS) is 14.0. The molecule has 0 aromatic heterocycles. The van der Waals surface area contributed by atoms with Gasteiger partial charge in [-0.1, -0.05) is 24.3 Å². The molecule has 0 fully saturated rings. The van der Waals surface area contributed by atoms with E-state index in [0.717, 1.165) is 6.26 Å². The van der Waals surface area contributed by atoms with Crippen LogP contribution in [0.15, 0.2) is 24.3 Å². The van der Waals surface area contributed by atoms with Gasteiger partial charge in [0.25, 0.3) is 20.2 Å². The van der Waals surface area contributed by atoms with Gasteiger partial charge in [-0.15, -0.1) is 11.6 Å². The first-order valence-corrected chi connectivity index (χ1v) is 10.0. The van der Waals surface area contributed by atoms with Crippen molar-refractivity contribution in [3.05, 3.63) is 35.4 Å². The lowest BCUT2D eigenvalue weighted by molar-refractivity contribution is 0.224. The molecule has 0 aliphatic carbocycles. The minimum Gasteiger partial charge on any atom is -0.285 e. The minimum atomic E-state index is -4.13. The summed E-state index contributed by atoms with van der Waals surface area (Å²) in [4.78, 5) is 0. The quantitative estimate of drug-likeness (QED) is 0.431. The first-order chi connectivity index (χ1) is 9.61. The van der Waals surface area contributed by atoms with E-state index in [-0.39, 0.29) is 5.88 Å². The lowest BCUT2D eigenvalue weighted by Crippen LogP contribution is -2.20. The van der Waals surface area contributed by atoms with Gasteiger partial charge >= 0.3 is 0 Å². The van der Waals surface area contributed by atoms with Gasteiger partial charge in [0, 0.05) is 0 Å². The summed E-state index contributed by atoms with van der Waals surface area (Å²) in [6.45, 7) is 0. The van der Waals surface area contributed by atoms with Crippen molar-refractivity contribution in [1.82, 2.24) is 0 Å². The second kappa shape index (κ2) is 7.55. The molecule has 0 bridgehead atoms. The zero-order valence-electron chi connectivity index (χ0n) is 11.4. The van der Waals surface area contributed by atoms with Crippen molar-refractivity contribution >= 4 is 31.8 Å². The fourth-order valence-electron chi connectivity index (χ4n) is 1.85. The van der Waals surface area contributed by atoms with Gasteiger partial charge in [-0.05, 0) is 24.0 Å². The fourth-order valence-corrected chi connectivity index (χ4v) is 3.48. The van der Waals surface area contributed by atoms with Crippen LogP contribution in [0, 0.1) is 0 Å². The van der Waals surface area contributed by atoms with Crippen molar-refractivity contribution in [3.8, 4) is 0 Å². The summed E-state index contributed by atoms with van der Waals surface area (Å²) in [5.41, 5.74) is 1.16. The van der Waals surface area contributed by atoms with E-state index >= 15 is 0 Å². The average Bonchev–Trinajstić information content (AvgIpc) is 2.32. The van der Waals surface area contributed by atoms with Crippen molar-refractivity contribution < 1.29 is 25.6 Å². The van der Waals surface area contributed by atoms with Gasteiger partial charge < -0.3 is 0 Å². The van der Waals surface area contributed by atoms with Gasteiger partial charge in [0.15, 0.2) is 0 Å². The highest BCUT2D eigenvalue weighted by Gasteiger charge is 2.16. The van der Waals surface area contributed by atoms with Crippen LogP contribution >= 0.6 is 11.6 Å². The first kappa shape index (κ1) is 18.4. The maximum Gasteiger partial charge on any atom is 0.269 e. The van der Waals surface area contributed by atoms with Crippen LogP contribution in [0.25, 0.3) is 0 Å². The molecule has 1 atom stereocenters. The van der Waals surface area contributed by atoms with E-state index in [0.29, 0.717) is 24.0 Å². The Morgan fingerprint density at radius 1 is 1.19 bits per heavy atom. The Hall–Kier alpha value is -0.670. The Bertz CT molecular complexity index is 669. The zero-order valence-corrected chi connectivity index (χ0v) is 13.8. The van der Waals surface area contributed by atoms with E-state index in [4.69, 9.17) is 20.3 Å². The molecule has 0 amide bonds. The summed E-state index contributed by atoms with van der Waals surface area (Å²) in [7, 11) is -7.72. The molecule has 120 valence electrons. The van der Waals surface area contributed by atoms with Crippen LogP contribution in [0.3, 0.4) is 0 Å². The summed E-state index contributed by atoms with van der Waals surface area (Å²) in [5.74, 6) is -0.477. The lowest BCUT2D eigenvalue weighted by atomic mass is 10.0. The van der Waals surface area contributed by atoms with Crippen molar-refractivity contribution in [3.63, 3.8) is 0 Å². The van der Waals surface area contributed by atoms with Gasteiger partial charge in [-0.3, -0.25) is 8.74 Å². The second-order valence-corrected chi connectivity index (χ2v) is 7.97. The van der Waals surface area contributed by atoms with Crippen LogP contribution in [0.1, 0.15) is 17.5 Å². The molecule has 21 heavy (non-hydrogen) atoms. The number of aryl methyl sites for hydroxylation is 1. The van der Waals surface area contributed by atoms with E-state index in [1.54, 1.807) is 24.3 Å². The predicted octanol–water partition coefficient (Wildman–Crippen LogP) is 1.59. The fraction of sp³-hybridized carbons (Fsp3) is 0.500. The largest absolute Gasteiger partial charge is 0.285 e. The molecule has 0 spiro atoms. The van der Waals surface area contributed by atoms with Crippen LogP contribution in [0.2, 0.25) is 0 Å². The number of rotatable bonds is 8. The molecular formula is C12H17ClO6S2. The third kappa shape index (κ3) is 7.77. The molecule has 6 nitrogen and oxygen atoms in total. The van der Waals surface area contributed by atoms with E-state index in [2.05, 4.69) is 0 Å². The van der Waals surface area contributed by atoms with Crippen LogP contribution in [-0.2, 0) is 36.6 Å². The van der Waals surface area contributed by atoms with Gasteiger partial charge in [0.05, 0.1) is 18.2 Å². The summed E-state index contributed by atoms with van der Waals surface area (Å²) in [6.07, 6.45) is 0.969. The highest BCUT2D eigenvalue weighted by atomic mass is 35.5. The van der Waals surface area contributed by atoms with E-state index < -0.39 is 32.1 Å². The van der Waals surface area contributed by atoms with Crippen LogP contribution in [-0.4, -0.2) is 39.6 Å². The zero-order chi connectivity index (χ0) is 16.1. The third-order valence-corrected chi connectivity index (χ3v) is 4.32. The molecule has 1 rings (SSSR count). The van der Waals surface area contributed by atoms with Crippen molar-refractivity contribution in [2.75, 3.05) is 12.1 Å². The Morgan fingerprint density at radius 3 is 2.24 bits per heavy atom. The Balaban J connectivity index is 2.79. The molecule has 1 aromatic carbocycles. The molecule has 0 saturated carbocycles. The predicted molar refractivity (Wildman–Crippen MR) is 80.5 cm³/mol. The molecule has 0 radical (unpaired) electrons. The molecule has 0 saturated heterocycles. The minimum absolute atomic E-state index is 0.00748. The monoisotopic (exact) mass is 356 g/mol. The van der Waals surface area contributed by atoms with Crippen LogP contribution < -0.4 is 0 Å². The Labute approximate surface area is 130 Å². The highest BCUT2D eigenvalue weighted by molar-refractivity contribution is 7.86. The number of halogens is 1. The van der Waals surface area contributed by atoms with E-state index in [9.17, 15) is 16.8 Å². The lowest BCUT2D eigenvalue weighted by Gasteiger charge is -2.14. The molecule has 1 N–H and O–H groups in total. The molecule has 0 heterocycles. The topological polar surface area (TPSA) is 97.7 Å². The summed E-state index contributed by atoms with van der Waals surface area (Å²) >= 11 is 5.66. The van der Waals surface area contributed by atoms with Crippen molar-refractivity contribution in [1.29, 1.82) is 0 Å². The summed E-state index contributed by atoms with van der Waals surface area (Å²) in [6, 6.07) is 6.70. The molecule has 0 aliphatic heterocycles. The summed E-state index contributed by atoms with van der Waals surface area (Å²) < 4.78 is 57.8. The molecular weight excluding hydrogens is 340 g/mol. The molecule has 9 heteroatoms. The standard InChI is InChI=1S/C12H17ClO6S2/c1-20(14,15)19-12(8-13)7-6-10-4-2-3-5-11(10)9-21(16,17)18/h2-5,12H,6-9H2,1H3,(H,16,17,18)/t12-/m0/s1. The second-order valence-electron chi connectivity index (χ2n) is 4.61. The molecule has 0 unspecified atom stereocenters. The number of benzene rings is 1. The van der Waals surface area contributed by atoms with Gasteiger partial charge in [-0.25, -0.2) is 0 Å². The average molecular weight is 357 g/mol. The molecule has 0 aliphatic rings. The van der Waals surface area contributed by atoms with Crippen molar-refractivity contribution in [2.24, 2.45) is 0 Å². The van der Waals surface area contributed by atoms with E-state index in [1.807, 2.05) is 0 Å². The van der Waals surface area contributed by atoms with Crippen LogP contribution in [0.5, 0.6) is 0 Å². The highest BCUT2D eigenvalue weighted by Crippen LogP contribution is 2.17.